The molecule has 1 saturated carbocycles. The molecule has 3 N–H and O–H groups in total. The molecule has 110 valence electrons. The Hall–Kier alpha value is -2.00. The second-order valence-electron chi connectivity index (χ2n) is 4.80. The molecule has 1 aromatic heterocycles. The fourth-order valence-corrected chi connectivity index (χ4v) is 1.69. The number of aromatic nitrogens is 2. The van der Waals surface area contributed by atoms with Crippen molar-refractivity contribution in [1.29, 1.82) is 0 Å². The van der Waals surface area contributed by atoms with Crippen LogP contribution in [0.2, 0.25) is 0 Å². The number of carbonyl (C=O) groups is 1. The van der Waals surface area contributed by atoms with Crippen LogP contribution >= 0.6 is 0 Å². The summed E-state index contributed by atoms with van der Waals surface area (Å²) in [5, 5.41) is 29.6. The van der Waals surface area contributed by atoms with Crippen LogP contribution in [0, 0.1) is 10.1 Å². The average Bonchev–Trinajstić information content (AvgIpc) is 3.05. The van der Waals surface area contributed by atoms with E-state index in [0.29, 0.717) is 6.04 Å². The van der Waals surface area contributed by atoms with Gasteiger partial charge in [-0.05, 0) is 12.8 Å². The van der Waals surface area contributed by atoms with Gasteiger partial charge in [0, 0.05) is 12.6 Å². The molecule has 0 radical (unpaired) electrons. The van der Waals surface area contributed by atoms with E-state index >= 15 is 0 Å². The highest BCUT2D eigenvalue weighted by molar-refractivity contribution is 5.78. The Bertz CT molecular complexity index is 485. The molecular weight excluding hydrogens is 266 g/mol. The summed E-state index contributed by atoms with van der Waals surface area (Å²) in [5.74, 6) is -0.0885. The van der Waals surface area contributed by atoms with Crippen LogP contribution < -0.4 is 10.6 Å². The fraction of sp³-hybridized carbons (Fsp3) is 0.636. The highest BCUT2D eigenvalue weighted by Gasteiger charge is 2.22. The van der Waals surface area contributed by atoms with Gasteiger partial charge in [0.2, 0.25) is 5.91 Å². The summed E-state index contributed by atoms with van der Waals surface area (Å²) in [7, 11) is 0. The van der Waals surface area contributed by atoms with E-state index in [-0.39, 0.29) is 31.2 Å². The Morgan fingerprint density at radius 3 is 3.00 bits per heavy atom. The molecule has 1 unspecified atom stereocenters. The van der Waals surface area contributed by atoms with Gasteiger partial charge in [-0.1, -0.05) is 0 Å². The molecule has 9 heteroatoms. The number of carbonyl (C=O) groups excluding carboxylic acids is 1. The third-order valence-corrected chi connectivity index (χ3v) is 2.84. The molecule has 1 atom stereocenters. The van der Waals surface area contributed by atoms with Crippen LogP contribution in [0.5, 0.6) is 0 Å². The number of rotatable bonds is 8. The van der Waals surface area contributed by atoms with Gasteiger partial charge < -0.3 is 15.7 Å². The van der Waals surface area contributed by atoms with Gasteiger partial charge in [0.15, 0.2) is 0 Å². The number of aliphatic hydroxyl groups excluding tert-OH is 1. The second-order valence-corrected chi connectivity index (χ2v) is 4.80. The molecular formula is C11H17N5O4. The minimum absolute atomic E-state index is 0.0885. The molecule has 0 bridgehead atoms. The lowest BCUT2D eigenvalue weighted by molar-refractivity contribution is -0.385. The van der Waals surface area contributed by atoms with E-state index < -0.39 is 11.0 Å². The summed E-state index contributed by atoms with van der Waals surface area (Å²) < 4.78 is 1.30. The first-order valence-corrected chi connectivity index (χ1v) is 6.39. The molecule has 1 amide bonds. The second kappa shape index (κ2) is 6.44. The SMILES string of the molecule is O=C(CNCC(O)Cn1cc([N+](=O)[O-])cn1)NC1CC1. The van der Waals surface area contributed by atoms with Crippen molar-refractivity contribution in [1.82, 2.24) is 20.4 Å². The average molecular weight is 283 g/mol. The smallest absolute Gasteiger partial charge is 0.306 e. The van der Waals surface area contributed by atoms with Crippen molar-refractivity contribution in [2.24, 2.45) is 0 Å². The maximum Gasteiger partial charge on any atom is 0.306 e. The van der Waals surface area contributed by atoms with Crippen LogP contribution in [-0.2, 0) is 11.3 Å². The normalized spacial score (nSPS) is 15.8. The van der Waals surface area contributed by atoms with Crippen LogP contribution in [-0.4, -0.2) is 51.0 Å². The van der Waals surface area contributed by atoms with Crippen LogP contribution in [0.3, 0.4) is 0 Å². The van der Waals surface area contributed by atoms with Gasteiger partial charge in [-0.15, -0.1) is 0 Å². The molecule has 1 fully saturated rings. The molecule has 9 nitrogen and oxygen atoms in total. The van der Waals surface area contributed by atoms with Crippen LogP contribution in [0.1, 0.15) is 12.8 Å². The van der Waals surface area contributed by atoms with E-state index in [4.69, 9.17) is 0 Å². The maximum atomic E-state index is 11.4. The van der Waals surface area contributed by atoms with Crippen LogP contribution in [0.15, 0.2) is 12.4 Å². The standard InChI is InChI=1S/C11H17N5O4/c17-10(4-12-5-11(18)14-8-1-2-8)7-15-6-9(3-13-15)16(19)20/h3,6,8,10,12,17H,1-2,4-5,7H2,(H,14,18). The zero-order valence-electron chi connectivity index (χ0n) is 10.9. The Kier molecular flexibility index (Phi) is 4.64. The lowest BCUT2D eigenvalue weighted by Crippen LogP contribution is -2.39. The first-order valence-electron chi connectivity index (χ1n) is 6.39. The van der Waals surface area contributed by atoms with Crippen LogP contribution in [0.25, 0.3) is 0 Å². The van der Waals surface area contributed by atoms with Gasteiger partial charge in [-0.2, -0.15) is 5.10 Å². The lowest BCUT2D eigenvalue weighted by Gasteiger charge is -2.11. The Labute approximate surface area is 115 Å². The van der Waals surface area contributed by atoms with E-state index in [9.17, 15) is 20.0 Å². The van der Waals surface area contributed by atoms with E-state index in [0.717, 1.165) is 19.0 Å². The summed E-state index contributed by atoms with van der Waals surface area (Å²) in [6.07, 6.45) is 3.67. The first-order chi connectivity index (χ1) is 9.54. The fourth-order valence-electron chi connectivity index (χ4n) is 1.69. The van der Waals surface area contributed by atoms with Gasteiger partial charge in [0.1, 0.15) is 12.4 Å². The van der Waals surface area contributed by atoms with Crippen LogP contribution in [0.4, 0.5) is 5.69 Å². The first kappa shape index (κ1) is 14.4. The summed E-state index contributed by atoms with van der Waals surface area (Å²) in [6, 6.07) is 0.318. The number of amides is 1. The van der Waals surface area contributed by atoms with Gasteiger partial charge in [0.25, 0.3) is 0 Å². The molecule has 1 aliphatic rings. The lowest BCUT2D eigenvalue weighted by atomic mass is 10.3. The number of hydrogen-bond acceptors (Lipinski definition) is 6. The number of nitrogens with zero attached hydrogens (tertiary/aromatic N) is 3. The molecule has 2 rings (SSSR count). The molecule has 0 aliphatic heterocycles. The van der Waals surface area contributed by atoms with E-state index in [1.54, 1.807) is 0 Å². The third kappa shape index (κ3) is 4.59. The zero-order valence-corrected chi connectivity index (χ0v) is 10.9. The van der Waals surface area contributed by atoms with Crippen molar-refractivity contribution in [3.05, 3.63) is 22.5 Å². The van der Waals surface area contributed by atoms with Crippen molar-refractivity contribution >= 4 is 11.6 Å². The monoisotopic (exact) mass is 283 g/mol. The summed E-state index contributed by atoms with van der Waals surface area (Å²) in [6.45, 7) is 0.490. The highest BCUT2D eigenvalue weighted by Crippen LogP contribution is 2.18. The quantitative estimate of drug-likeness (QED) is 0.416. The van der Waals surface area contributed by atoms with Crippen molar-refractivity contribution in [2.45, 2.75) is 31.5 Å². The minimum atomic E-state index is -0.775. The third-order valence-electron chi connectivity index (χ3n) is 2.84. The highest BCUT2D eigenvalue weighted by atomic mass is 16.6. The number of nitro groups is 1. The Balaban J connectivity index is 1.64. The number of hydrogen-bond donors (Lipinski definition) is 3. The Morgan fingerprint density at radius 1 is 1.65 bits per heavy atom. The predicted octanol–water partition coefficient (Wildman–Crippen LogP) is -0.980. The van der Waals surface area contributed by atoms with Gasteiger partial charge in [-0.25, -0.2) is 0 Å². The van der Waals surface area contributed by atoms with E-state index in [2.05, 4.69) is 15.7 Å². The van der Waals surface area contributed by atoms with E-state index in [1.165, 1.54) is 10.9 Å². The molecule has 1 aliphatic carbocycles. The molecule has 0 aromatic carbocycles. The van der Waals surface area contributed by atoms with E-state index in [1.807, 2.05) is 0 Å². The van der Waals surface area contributed by atoms with Crippen molar-refractivity contribution in [2.75, 3.05) is 13.1 Å². The number of nitrogens with one attached hydrogen (secondary N) is 2. The molecule has 1 heterocycles. The molecule has 1 aromatic rings. The summed E-state index contributed by atoms with van der Waals surface area (Å²) in [5.41, 5.74) is -0.117. The maximum absolute atomic E-state index is 11.4. The summed E-state index contributed by atoms with van der Waals surface area (Å²) >= 11 is 0. The van der Waals surface area contributed by atoms with Gasteiger partial charge >= 0.3 is 5.69 Å². The minimum Gasteiger partial charge on any atom is -0.390 e. The van der Waals surface area contributed by atoms with Gasteiger partial charge in [-0.3, -0.25) is 19.6 Å². The van der Waals surface area contributed by atoms with Gasteiger partial charge in [0.05, 0.1) is 24.1 Å². The van der Waals surface area contributed by atoms with Crippen molar-refractivity contribution < 1.29 is 14.8 Å². The van der Waals surface area contributed by atoms with Crippen molar-refractivity contribution in [3.8, 4) is 0 Å². The zero-order chi connectivity index (χ0) is 14.5. The predicted molar refractivity (Wildman–Crippen MR) is 68.9 cm³/mol. The van der Waals surface area contributed by atoms with Crippen molar-refractivity contribution in [3.63, 3.8) is 0 Å². The largest absolute Gasteiger partial charge is 0.390 e. The topological polar surface area (TPSA) is 122 Å². The Morgan fingerprint density at radius 2 is 2.40 bits per heavy atom. The molecule has 0 saturated heterocycles. The number of aliphatic hydroxyl groups is 1. The summed E-state index contributed by atoms with van der Waals surface area (Å²) in [4.78, 5) is 21.3. The molecule has 0 spiro atoms. The molecule has 20 heavy (non-hydrogen) atoms.